The van der Waals surface area contributed by atoms with E-state index in [2.05, 4.69) is 51.8 Å². The Morgan fingerprint density at radius 3 is 2.57 bits per heavy atom. The summed E-state index contributed by atoms with van der Waals surface area (Å²) in [6, 6.07) is 0.340. The quantitative estimate of drug-likeness (QED) is 0.811. The Labute approximate surface area is 136 Å². The van der Waals surface area contributed by atoms with Gasteiger partial charge in [-0.2, -0.15) is 5.10 Å². The Hall–Kier alpha value is -0.390. The molecule has 1 saturated carbocycles. The van der Waals surface area contributed by atoms with Crippen LogP contribution in [0.4, 0.5) is 0 Å². The molecule has 0 saturated heterocycles. The average molecular weight is 358 g/mol. The maximum Gasteiger partial charge on any atom is 0.0834 e. The molecule has 4 nitrogen and oxygen atoms in total. The third-order valence-corrected chi connectivity index (χ3v) is 5.82. The molecule has 1 N–H and O–H groups in total. The molecule has 0 radical (unpaired) electrons. The van der Waals surface area contributed by atoms with Crippen molar-refractivity contribution in [1.29, 1.82) is 0 Å². The second-order valence-corrected chi connectivity index (χ2v) is 6.75. The topological polar surface area (TPSA) is 39.1 Å². The van der Waals surface area contributed by atoms with Crippen LogP contribution in [-0.4, -0.2) is 35.1 Å². The third kappa shape index (κ3) is 3.35. The monoisotopic (exact) mass is 357 g/mol. The summed E-state index contributed by atoms with van der Waals surface area (Å²) in [5.74, 6) is 0. The first kappa shape index (κ1) is 17.0. The molecule has 1 aliphatic carbocycles. The summed E-state index contributed by atoms with van der Waals surface area (Å²) in [6.45, 7) is 8.24. The lowest BCUT2D eigenvalue weighted by Crippen LogP contribution is -2.52. The van der Waals surface area contributed by atoms with Crippen LogP contribution < -0.4 is 5.32 Å². The van der Waals surface area contributed by atoms with Crippen LogP contribution in [-0.2, 0) is 17.7 Å². The molecule has 0 bridgehead atoms. The lowest BCUT2D eigenvalue weighted by Gasteiger charge is -2.37. The zero-order chi connectivity index (χ0) is 15.5. The number of ether oxygens (including phenoxy) is 1. The molecule has 1 unspecified atom stereocenters. The molecule has 1 aromatic rings. The van der Waals surface area contributed by atoms with E-state index in [0.717, 1.165) is 42.5 Å². The van der Waals surface area contributed by atoms with Gasteiger partial charge in [0.25, 0.3) is 0 Å². The van der Waals surface area contributed by atoms with Crippen LogP contribution in [0.25, 0.3) is 0 Å². The summed E-state index contributed by atoms with van der Waals surface area (Å²) in [6.07, 6.45) is 5.79. The number of nitrogens with one attached hydrogen (secondary N) is 1. The number of methoxy groups -OCH3 is 1. The van der Waals surface area contributed by atoms with Crippen molar-refractivity contribution in [1.82, 2.24) is 15.1 Å². The Morgan fingerprint density at radius 2 is 2.05 bits per heavy atom. The number of nitrogens with zero attached hydrogens (tertiary/aromatic N) is 2. The molecular weight excluding hydrogens is 330 g/mol. The summed E-state index contributed by atoms with van der Waals surface area (Å²) in [4.78, 5) is 0. The third-order valence-electron chi connectivity index (χ3n) is 4.79. The maximum absolute atomic E-state index is 6.00. The van der Waals surface area contributed by atoms with Gasteiger partial charge in [-0.25, -0.2) is 0 Å². The number of likely N-dealkylation sites (N-methyl/N-ethyl adjacent to an activating group) is 1. The molecule has 1 aromatic heterocycles. The molecule has 0 spiro atoms. The number of rotatable bonds is 7. The highest BCUT2D eigenvalue weighted by Gasteiger charge is 2.41. The van der Waals surface area contributed by atoms with Gasteiger partial charge in [-0.3, -0.25) is 4.68 Å². The van der Waals surface area contributed by atoms with Gasteiger partial charge in [0.15, 0.2) is 0 Å². The van der Waals surface area contributed by atoms with E-state index in [1.165, 1.54) is 18.5 Å². The molecule has 1 atom stereocenters. The van der Waals surface area contributed by atoms with Gasteiger partial charge in [-0.15, -0.1) is 0 Å². The minimum Gasteiger partial charge on any atom is -0.377 e. The van der Waals surface area contributed by atoms with Crippen LogP contribution in [0.2, 0.25) is 0 Å². The lowest BCUT2D eigenvalue weighted by atomic mass is 9.88. The van der Waals surface area contributed by atoms with Gasteiger partial charge in [0.1, 0.15) is 0 Å². The van der Waals surface area contributed by atoms with Gasteiger partial charge in [0.2, 0.25) is 0 Å². The summed E-state index contributed by atoms with van der Waals surface area (Å²) in [7, 11) is 1.87. The number of aryl methyl sites for hydroxylation is 2. The van der Waals surface area contributed by atoms with E-state index in [4.69, 9.17) is 4.74 Å². The fourth-order valence-electron chi connectivity index (χ4n) is 3.62. The molecule has 1 heterocycles. The van der Waals surface area contributed by atoms with Gasteiger partial charge < -0.3 is 10.1 Å². The zero-order valence-corrected chi connectivity index (χ0v) is 15.3. The van der Waals surface area contributed by atoms with Crippen LogP contribution >= 0.6 is 15.9 Å². The highest BCUT2D eigenvalue weighted by atomic mass is 79.9. The van der Waals surface area contributed by atoms with Gasteiger partial charge in [-0.05, 0) is 49.2 Å². The number of hydrogen-bond acceptors (Lipinski definition) is 3. The summed E-state index contributed by atoms with van der Waals surface area (Å²) >= 11 is 3.72. The minimum atomic E-state index is -0.0216. The molecule has 2 rings (SSSR count). The van der Waals surface area contributed by atoms with E-state index in [1.807, 2.05) is 7.11 Å². The van der Waals surface area contributed by atoms with E-state index in [0.29, 0.717) is 6.04 Å². The van der Waals surface area contributed by atoms with Gasteiger partial charge >= 0.3 is 0 Å². The van der Waals surface area contributed by atoms with E-state index in [9.17, 15) is 0 Å². The Kier molecular flexibility index (Phi) is 5.86. The van der Waals surface area contributed by atoms with Crippen molar-refractivity contribution in [2.75, 3.05) is 13.7 Å². The first-order valence-corrected chi connectivity index (χ1v) is 8.87. The predicted octanol–water partition coefficient (Wildman–Crippen LogP) is 3.45. The largest absolute Gasteiger partial charge is 0.377 e. The SMILES string of the molecule is CCNC(Cc1c(Br)c(C)nn1CC)C1(OC)CCCC1. The Bertz CT molecular complexity index is 466. The normalized spacial score (nSPS) is 19.1. The predicted molar refractivity (Wildman–Crippen MR) is 89.7 cm³/mol. The zero-order valence-electron chi connectivity index (χ0n) is 13.7. The average Bonchev–Trinajstić information content (AvgIpc) is 3.07. The Morgan fingerprint density at radius 1 is 1.38 bits per heavy atom. The minimum absolute atomic E-state index is 0.0216. The molecule has 0 aromatic carbocycles. The van der Waals surface area contributed by atoms with E-state index in [-0.39, 0.29) is 5.60 Å². The number of halogens is 1. The number of hydrogen-bond donors (Lipinski definition) is 1. The van der Waals surface area contributed by atoms with E-state index >= 15 is 0 Å². The summed E-state index contributed by atoms with van der Waals surface area (Å²) in [5.41, 5.74) is 2.33. The van der Waals surface area contributed by atoms with Gasteiger partial charge in [0.05, 0.1) is 21.5 Å². The van der Waals surface area contributed by atoms with Crippen LogP contribution in [0.1, 0.15) is 50.9 Å². The van der Waals surface area contributed by atoms with Crippen LogP contribution in [0.3, 0.4) is 0 Å². The molecule has 120 valence electrons. The van der Waals surface area contributed by atoms with Crippen molar-refractivity contribution < 1.29 is 4.74 Å². The van der Waals surface area contributed by atoms with E-state index in [1.54, 1.807) is 0 Å². The molecule has 0 amide bonds. The van der Waals surface area contributed by atoms with Crippen LogP contribution in [0.15, 0.2) is 4.47 Å². The summed E-state index contributed by atoms with van der Waals surface area (Å²) in [5, 5.41) is 8.28. The van der Waals surface area contributed by atoms with Crippen molar-refractivity contribution >= 4 is 15.9 Å². The molecule has 0 aliphatic heterocycles. The molecule has 1 aliphatic rings. The van der Waals surface area contributed by atoms with Crippen molar-refractivity contribution in [2.24, 2.45) is 0 Å². The number of aromatic nitrogens is 2. The van der Waals surface area contributed by atoms with Crippen molar-refractivity contribution in [3.8, 4) is 0 Å². The highest BCUT2D eigenvalue weighted by Crippen LogP contribution is 2.37. The standard InChI is InChI=1S/C16H28BrN3O/c1-5-18-14(16(21-4)9-7-8-10-16)11-13-15(17)12(3)19-20(13)6-2/h14,18H,5-11H2,1-4H3. The molecular formula is C16H28BrN3O. The first-order chi connectivity index (χ1) is 10.1. The molecule has 1 fully saturated rings. The van der Waals surface area contributed by atoms with E-state index < -0.39 is 0 Å². The fraction of sp³-hybridized carbons (Fsp3) is 0.812. The summed E-state index contributed by atoms with van der Waals surface area (Å²) < 4.78 is 9.26. The van der Waals surface area contributed by atoms with Crippen LogP contribution in [0.5, 0.6) is 0 Å². The van der Waals surface area contributed by atoms with Crippen LogP contribution in [0, 0.1) is 6.92 Å². The molecule has 21 heavy (non-hydrogen) atoms. The van der Waals surface area contributed by atoms with Gasteiger partial charge in [0, 0.05) is 26.1 Å². The Balaban J connectivity index is 2.28. The molecule has 5 heteroatoms. The van der Waals surface area contributed by atoms with Crippen molar-refractivity contribution in [2.45, 2.75) is 71.1 Å². The lowest BCUT2D eigenvalue weighted by molar-refractivity contribution is -0.0356. The van der Waals surface area contributed by atoms with Crippen molar-refractivity contribution in [3.63, 3.8) is 0 Å². The second kappa shape index (κ2) is 7.25. The van der Waals surface area contributed by atoms with Gasteiger partial charge in [-0.1, -0.05) is 19.8 Å². The fourth-order valence-corrected chi connectivity index (χ4v) is 4.06. The smallest absolute Gasteiger partial charge is 0.0834 e. The maximum atomic E-state index is 6.00. The second-order valence-electron chi connectivity index (χ2n) is 5.95. The highest BCUT2D eigenvalue weighted by molar-refractivity contribution is 9.10. The first-order valence-electron chi connectivity index (χ1n) is 8.08. The van der Waals surface area contributed by atoms with Crippen molar-refractivity contribution in [3.05, 3.63) is 15.9 Å².